The van der Waals surface area contributed by atoms with E-state index in [9.17, 15) is 10.1 Å². The molecule has 0 unspecified atom stereocenters. The van der Waals surface area contributed by atoms with Crippen LogP contribution in [0.4, 0.5) is 5.69 Å². The Balaban J connectivity index is 1.75. The highest BCUT2D eigenvalue weighted by molar-refractivity contribution is 8.00. The predicted molar refractivity (Wildman–Crippen MR) is 107 cm³/mol. The molecule has 1 N–H and O–H groups in total. The molecule has 0 aliphatic heterocycles. The van der Waals surface area contributed by atoms with Gasteiger partial charge in [0.2, 0.25) is 5.91 Å². The van der Waals surface area contributed by atoms with Crippen molar-refractivity contribution in [3.8, 4) is 6.07 Å². The van der Waals surface area contributed by atoms with Gasteiger partial charge in [0, 0.05) is 16.1 Å². The van der Waals surface area contributed by atoms with Gasteiger partial charge in [0.05, 0.1) is 16.8 Å². The number of aryl methyl sites for hydroxylation is 2. The number of nitriles is 1. The number of halogens is 1. The van der Waals surface area contributed by atoms with E-state index in [2.05, 4.69) is 16.4 Å². The number of fused-ring (bicyclic) bond motifs is 1. The Bertz CT molecular complexity index is 1040. The Morgan fingerprint density at radius 2 is 2.04 bits per heavy atom. The van der Waals surface area contributed by atoms with Crippen LogP contribution in [0.1, 0.15) is 16.7 Å². The van der Waals surface area contributed by atoms with Gasteiger partial charge in [0.1, 0.15) is 11.1 Å². The number of rotatable bonds is 4. The van der Waals surface area contributed by atoms with E-state index >= 15 is 0 Å². The predicted octanol–water partition coefficient (Wildman–Crippen LogP) is 5.11. The molecule has 0 radical (unpaired) electrons. The fourth-order valence-electron chi connectivity index (χ4n) is 2.45. The average molecular weight is 382 g/mol. The summed E-state index contributed by atoms with van der Waals surface area (Å²) in [5.74, 6) is -0.0187. The Labute approximate surface area is 161 Å². The van der Waals surface area contributed by atoms with Crippen LogP contribution in [0.25, 0.3) is 10.9 Å². The van der Waals surface area contributed by atoms with Crippen LogP contribution in [0.5, 0.6) is 0 Å². The van der Waals surface area contributed by atoms with Gasteiger partial charge in [0.25, 0.3) is 0 Å². The Morgan fingerprint density at radius 3 is 2.77 bits per heavy atom. The molecule has 26 heavy (non-hydrogen) atoms. The van der Waals surface area contributed by atoms with Gasteiger partial charge in [-0.3, -0.25) is 4.79 Å². The van der Waals surface area contributed by atoms with Crippen molar-refractivity contribution in [1.29, 1.82) is 5.26 Å². The van der Waals surface area contributed by atoms with Crippen LogP contribution < -0.4 is 5.32 Å². The van der Waals surface area contributed by atoms with Crippen LogP contribution >= 0.6 is 23.4 Å². The molecule has 6 heteroatoms. The van der Waals surface area contributed by atoms with Crippen molar-refractivity contribution in [2.24, 2.45) is 0 Å². The zero-order chi connectivity index (χ0) is 18.7. The molecule has 0 aliphatic carbocycles. The van der Waals surface area contributed by atoms with Gasteiger partial charge in [0.15, 0.2) is 0 Å². The number of pyridine rings is 1. The molecule has 4 nitrogen and oxygen atoms in total. The minimum absolute atomic E-state index is 0.157. The molecule has 0 aliphatic rings. The monoisotopic (exact) mass is 381 g/mol. The maximum absolute atomic E-state index is 12.2. The number of nitrogens with zero attached hydrogens (tertiary/aromatic N) is 2. The van der Waals surface area contributed by atoms with E-state index in [1.807, 2.05) is 50.2 Å². The molecule has 130 valence electrons. The molecule has 0 saturated carbocycles. The summed E-state index contributed by atoms with van der Waals surface area (Å²) < 4.78 is 0. The highest BCUT2D eigenvalue weighted by Crippen LogP contribution is 2.26. The lowest BCUT2D eigenvalue weighted by Gasteiger charge is -2.08. The molecule has 1 heterocycles. The van der Waals surface area contributed by atoms with E-state index in [4.69, 9.17) is 11.6 Å². The summed E-state index contributed by atoms with van der Waals surface area (Å²) in [5, 5.41) is 14.3. The molecule has 2 aromatic carbocycles. The van der Waals surface area contributed by atoms with Crippen LogP contribution in [0.15, 0.2) is 47.5 Å². The van der Waals surface area contributed by atoms with Crippen LogP contribution in [0.2, 0.25) is 5.02 Å². The van der Waals surface area contributed by atoms with E-state index in [1.54, 1.807) is 6.07 Å². The van der Waals surface area contributed by atoms with Gasteiger partial charge in [-0.25, -0.2) is 4.98 Å². The Morgan fingerprint density at radius 1 is 1.23 bits per heavy atom. The second-order valence-corrected chi connectivity index (χ2v) is 7.32. The molecule has 1 aromatic heterocycles. The molecule has 0 atom stereocenters. The van der Waals surface area contributed by atoms with Crippen LogP contribution in [-0.4, -0.2) is 16.6 Å². The lowest BCUT2D eigenvalue weighted by atomic mass is 10.1. The van der Waals surface area contributed by atoms with Crippen molar-refractivity contribution >= 4 is 45.9 Å². The summed E-state index contributed by atoms with van der Waals surface area (Å²) >= 11 is 7.32. The fourth-order valence-corrected chi connectivity index (χ4v) is 3.39. The van der Waals surface area contributed by atoms with Gasteiger partial charge in [-0.05, 0) is 49.2 Å². The van der Waals surface area contributed by atoms with Crippen LogP contribution in [0, 0.1) is 25.2 Å². The number of carbonyl (C=O) groups is 1. The summed E-state index contributed by atoms with van der Waals surface area (Å²) in [4.78, 5) is 16.8. The van der Waals surface area contributed by atoms with E-state index in [0.29, 0.717) is 21.3 Å². The lowest BCUT2D eigenvalue weighted by Crippen LogP contribution is -2.14. The van der Waals surface area contributed by atoms with Crippen molar-refractivity contribution in [1.82, 2.24) is 4.98 Å². The van der Waals surface area contributed by atoms with E-state index in [1.165, 1.54) is 11.8 Å². The second-order valence-electron chi connectivity index (χ2n) is 5.95. The number of nitrogens with one attached hydrogen (secondary N) is 1. The third-order valence-electron chi connectivity index (χ3n) is 3.85. The lowest BCUT2D eigenvalue weighted by molar-refractivity contribution is -0.113. The summed E-state index contributed by atoms with van der Waals surface area (Å²) in [6, 6.07) is 15.2. The maximum Gasteiger partial charge on any atom is 0.234 e. The third kappa shape index (κ3) is 4.16. The molecule has 0 saturated heterocycles. The molecule has 1 amide bonds. The number of benzene rings is 2. The highest BCUT2D eigenvalue weighted by Gasteiger charge is 2.11. The first-order valence-corrected chi connectivity index (χ1v) is 9.33. The van der Waals surface area contributed by atoms with Gasteiger partial charge in [-0.1, -0.05) is 41.6 Å². The molecule has 0 bridgehead atoms. The normalized spacial score (nSPS) is 10.5. The first-order chi connectivity index (χ1) is 12.5. The first kappa shape index (κ1) is 18.2. The topological polar surface area (TPSA) is 65.8 Å². The largest absolute Gasteiger partial charge is 0.325 e. The minimum atomic E-state index is -0.176. The SMILES string of the molecule is Cc1ccc2cc(C#N)c(SCC(=O)Nc3ccc(C)c(Cl)c3)nc2c1. The summed E-state index contributed by atoms with van der Waals surface area (Å²) in [6.07, 6.45) is 0. The summed E-state index contributed by atoms with van der Waals surface area (Å²) in [5.41, 5.74) is 3.98. The number of anilines is 1. The quantitative estimate of drug-likeness (QED) is 0.638. The number of thioether (sulfide) groups is 1. The van der Waals surface area contributed by atoms with Crippen LogP contribution in [0.3, 0.4) is 0 Å². The van der Waals surface area contributed by atoms with E-state index in [0.717, 1.165) is 22.0 Å². The number of hydrogen-bond acceptors (Lipinski definition) is 4. The summed E-state index contributed by atoms with van der Waals surface area (Å²) in [7, 11) is 0. The second kappa shape index (κ2) is 7.77. The number of carbonyl (C=O) groups excluding carboxylic acids is 1. The van der Waals surface area contributed by atoms with Gasteiger partial charge in [-0.2, -0.15) is 5.26 Å². The third-order valence-corrected chi connectivity index (χ3v) is 5.25. The number of aromatic nitrogens is 1. The standard InChI is InChI=1S/C20H16ClN3OS/c1-12-3-5-14-8-15(10-22)20(24-18(14)7-12)26-11-19(25)23-16-6-4-13(2)17(21)9-16/h3-9H,11H2,1-2H3,(H,23,25). The Hall–Kier alpha value is -2.55. The zero-order valence-electron chi connectivity index (χ0n) is 14.3. The molecule has 0 fully saturated rings. The van der Waals surface area contributed by atoms with Crippen LogP contribution in [-0.2, 0) is 4.79 Å². The maximum atomic E-state index is 12.2. The first-order valence-electron chi connectivity index (χ1n) is 7.96. The Kier molecular flexibility index (Phi) is 5.46. The van der Waals surface area contributed by atoms with Crippen molar-refractivity contribution in [2.75, 3.05) is 11.1 Å². The van der Waals surface area contributed by atoms with E-state index < -0.39 is 0 Å². The van der Waals surface area contributed by atoms with Crippen molar-refractivity contribution in [3.05, 3.63) is 64.2 Å². The summed E-state index contributed by atoms with van der Waals surface area (Å²) in [6.45, 7) is 3.90. The molecule has 3 aromatic rings. The van der Waals surface area contributed by atoms with Gasteiger partial charge < -0.3 is 5.32 Å². The smallest absolute Gasteiger partial charge is 0.234 e. The minimum Gasteiger partial charge on any atom is -0.325 e. The molecular formula is C20H16ClN3OS. The molecular weight excluding hydrogens is 366 g/mol. The number of hydrogen-bond donors (Lipinski definition) is 1. The van der Waals surface area contributed by atoms with Crippen molar-refractivity contribution in [3.63, 3.8) is 0 Å². The van der Waals surface area contributed by atoms with Crippen molar-refractivity contribution in [2.45, 2.75) is 18.9 Å². The number of amides is 1. The zero-order valence-corrected chi connectivity index (χ0v) is 15.9. The average Bonchev–Trinajstić information content (AvgIpc) is 2.62. The molecule has 3 rings (SSSR count). The molecule has 0 spiro atoms. The fraction of sp³-hybridized carbons (Fsp3) is 0.150. The van der Waals surface area contributed by atoms with Gasteiger partial charge in [-0.15, -0.1) is 0 Å². The van der Waals surface area contributed by atoms with E-state index in [-0.39, 0.29) is 11.7 Å². The highest BCUT2D eigenvalue weighted by atomic mass is 35.5. The van der Waals surface area contributed by atoms with Crippen molar-refractivity contribution < 1.29 is 4.79 Å². The van der Waals surface area contributed by atoms with Gasteiger partial charge >= 0.3 is 0 Å².